The highest BCUT2D eigenvalue weighted by Gasteiger charge is 2.10. The van der Waals surface area contributed by atoms with Crippen LogP contribution in [0.4, 0.5) is 5.69 Å². The number of rotatable bonds is 4. The standard InChI is InChI=1S/C15H15Br2NO2/c1-9-3-4-14(19-2)10(5-9)8-20-15-12(16)6-11(18)7-13(15)17/h3-7H,8,18H2,1-2H3. The van der Waals surface area contributed by atoms with E-state index in [2.05, 4.69) is 37.9 Å². The Morgan fingerprint density at radius 3 is 2.35 bits per heavy atom. The Balaban J connectivity index is 2.23. The summed E-state index contributed by atoms with van der Waals surface area (Å²) in [6.07, 6.45) is 0. The van der Waals surface area contributed by atoms with Crippen molar-refractivity contribution >= 4 is 37.5 Å². The van der Waals surface area contributed by atoms with Gasteiger partial charge in [-0.15, -0.1) is 0 Å². The van der Waals surface area contributed by atoms with Crippen LogP contribution in [-0.4, -0.2) is 7.11 Å². The second-order valence-electron chi connectivity index (χ2n) is 4.42. The van der Waals surface area contributed by atoms with Crippen LogP contribution < -0.4 is 15.2 Å². The van der Waals surface area contributed by atoms with Crippen molar-refractivity contribution in [1.29, 1.82) is 0 Å². The summed E-state index contributed by atoms with van der Waals surface area (Å²) < 4.78 is 12.9. The van der Waals surface area contributed by atoms with Crippen LogP contribution in [0.15, 0.2) is 39.3 Å². The number of aryl methyl sites for hydroxylation is 1. The topological polar surface area (TPSA) is 44.5 Å². The summed E-state index contributed by atoms with van der Waals surface area (Å²) in [4.78, 5) is 0. The second kappa shape index (κ2) is 6.50. The van der Waals surface area contributed by atoms with Gasteiger partial charge >= 0.3 is 0 Å². The first-order chi connectivity index (χ1) is 9.51. The summed E-state index contributed by atoms with van der Waals surface area (Å²) in [5.41, 5.74) is 8.61. The van der Waals surface area contributed by atoms with Crippen molar-refractivity contribution in [3.05, 3.63) is 50.4 Å². The molecule has 2 aromatic carbocycles. The molecule has 0 aliphatic carbocycles. The van der Waals surface area contributed by atoms with Gasteiger partial charge in [0.1, 0.15) is 18.1 Å². The number of nitrogen functional groups attached to an aromatic ring is 1. The Kier molecular flexibility index (Phi) is 4.94. The molecule has 0 aromatic heterocycles. The Morgan fingerprint density at radius 2 is 1.75 bits per heavy atom. The minimum absolute atomic E-state index is 0.423. The largest absolute Gasteiger partial charge is 0.496 e. The smallest absolute Gasteiger partial charge is 0.148 e. The zero-order valence-electron chi connectivity index (χ0n) is 11.2. The summed E-state index contributed by atoms with van der Waals surface area (Å²) in [6, 6.07) is 9.64. The van der Waals surface area contributed by atoms with E-state index in [-0.39, 0.29) is 0 Å². The lowest BCUT2D eigenvalue weighted by Crippen LogP contribution is -2.01. The third-order valence-electron chi connectivity index (χ3n) is 2.83. The highest BCUT2D eigenvalue weighted by Crippen LogP contribution is 2.36. The number of hydrogen-bond acceptors (Lipinski definition) is 3. The van der Waals surface area contributed by atoms with Crippen LogP contribution in [0.3, 0.4) is 0 Å². The SMILES string of the molecule is COc1ccc(C)cc1COc1c(Br)cc(N)cc1Br. The van der Waals surface area contributed by atoms with Crippen molar-refractivity contribution < 1.29 is 9.47 Å². The molecule has 2 rings (SSSR count). The van der Waals surface area contributed by atoms with Gasteiger partial charge in [0.2, 0.25) is 0 Å². The van der Waals surface area contributed by atoms with E-state index in [1.807, 2.05) is 31.2 Å². The first kappa shape index (κ1) is 15.2. The number of benzene rings is 2. The maximum Gasteiger partial charge on any atom is 0.148 e. The average Bonchev–Trinajstić information content (AvgIpc) is 2.37. The fourth-order valence-corrected chi connectivity index (χ4v) is 3.34. The maximum atomic E-state index is 5.88. The quantitative estimate of drug-likeness (QED) is 0.757. The van der Waals surface area contributed by atoms with E-state index in [9.17, 15) is 0 Å². The van der Waals surface area contributed by atoms with E-state index in [0.717, 1.165) is 26.0 Å². The molecule has 2 N–H and O–H groups in total. The Bertz CT molecular complexity index is 606. The third-order valence-corrected chi connectivity index (χ3v) is 4.01. The molecule has 0 saturated carbocycles. The van der Waals surface area contributed by atoms with Crippen molar-refractivity contribution in [3.63, 3.8) is 0 Å². The predicted octanol–water partition coefficient (Wildman–Crippen LogP) is 4.69. The number of hydrogen-bond donors (Lipinski definition) is 1. The second-order valence-corrected chi connectivity index (χ2v) is 6.13. The van der Waals surface area contributed by atoms with Crippen LogP contribution in [0.5, 0.6) is 11.5 Å². The Labute approximate surface area is 135 Å². The van der Waals surface area contributed by atoms with Crippen LogP contribution in [0.1, 0.15) is 11.1 Å². The van der Waals surface area contributed by atoms with Gasteiger partial charge in [-0.3, -0.25) is 0 Å². The first-order valence-corrected chi connectivity index (χ1v) is 7.60. The number of methoxy groups -OCH3 is 1. The van der Waals surface area contributed by atoms with Gasteiger partial charge < -0.3 is 15.2 Å². The summed E-state index contributed by atoms with van der Waals surface area (Å²) in [5, 5.41) is 0. The minimum atomic E-state index is 0.423. The fourth-order valence-electron chi connectivity index (χ4n) is 1.89. The van der Waals surface area contributed by atoms with E-state index in [1.165, 1.54) is 5.56 Å². The molecule has 0 amide bonds. The lowest BCUT2D eigenvalue weighted by atomic mass is 10.1. The first-order valence-electron chi connectivity index (χ1n) is 6.02. The van der Waals surface area contributed by atoms with Gasteiger partial charge in [-0.2, -0.15) is 0 Å². The average molecular weight is 401 g/mol. The normalized spacial score (nSPS) is 10.4. The maximum absolute atomic E-state index is 5.88. The molecule has 5 heteroatoms. The molecule has 2 aromatic rings. The zero-order chi connectivity index (χ0) is 14.7. The van der Waals surface area contributed by atoms with E-state index in [1.54, 1.807) is 7.11 Å². The molecule has 0 radical (unpaired) electrons. The molecule has 0 atom stereocenters. The highest BCUT2D eigenvalue weighted by molar-refractivity contribution is 9.11. The summed E-state index contributed by atoms with van der Waals surface area (Å²) in [6.45, 7) is 2.46. The van der Waals surface area contributed by atoms with Crippen molar-refractivity contribution in [2.75, 3.05) is 12.8 Å². The fraction of sp³-hybridized carbons (Fsp3) is 0.200. The zero-order valence-corrected chi connectivity index (χ0v) is 14.4. The summed E-state index contributed by atoms with van der Waals surface area (Å²) in [7, 11) is 1.66. The van der Waals surface area contributed by atoms with Gasteiger partial charge in [0.05, 0.1) is 16.1 Å². The van der Waals surface area contributed by atoms with Gasteiger partial charge in [0.15, 0.2) is 0 Å². The molecular formula is C15H15Br2NO2. The molecule has 0 aliphatic rings. The predicted molar refractivity (Wildman–Crippen MR) is 88.3 cm³/mol. The molecule has 106 valence electrons. The van der Waals surface area contributed by atoms with Gasteiger partial charge in [-0.05, 0) is 63.0 Å². The molecule has 0 saturated heterocycles. The number of anilines is 1. The lowest BCUT2D eigenvalue weighted by Gasteiger charge is -2.13. The van der Waals surface area contributed by atoms with Crippen molar-refractivity contribution in [3.8, 4) is 11.5 Å². The van der Waals surface area contributed by atoms with Crippen LogP contribution in [0, 0.1) is 6.92 Å². The van der Waals surface area contributed by atoms with Crippen LogP contribution in [-0.2, 0) is 6.61 Å². The summed E-state index contributed by atoms with van der Waals surface area (Å²) in [5.74, 6) is 1.54. The van der Waals surface area contributed by atoms with Crippen molar-refractivity contribution in [1.82, 2.24) is 0 Å². The van der Waals surface area contributed by atoms with E-state index < -0.39 is 0 Å². The molecular weight excluding hydrogens is 386 g/mol. The van der Waals surface area contributed by atoms with Gasteiger partial charge in [-0.25, -0.2) is 0 Å². The molecule has 0 fully saturated rings. The highest BCUT2D eigenvalue weighted by atomic mass is 79.9. The number of ether oxygens (including phenoxy) is 2. The molecule has 0 heterocycles. The van der Waals surface area contributed by atoms with Crippen LogP contribution in [0.25, 0.3) is 0 Å². The van der Waals surface area contributed by atoms with Crippen LogP contribution >= 0.6 is 31.9 Å². The number of nitrogens with two attached hydrogens (primary N) is 1. The van der Waals surface area contributed by atoms with E-state index in [4.69, 9.17) is 15.2 Å². The van der Waals surface area contributed by atoms with Gasteiger partial charge in [0.25, 0.3) is 0 Å². The van der Waals surface area contributed by atoms with E-state index in [0.29, 0.717) is 12.3 Å². The third kappa shape index (κ3) is 3.46. The van der Waals surface area contributed by atoms with Gasteiger partial charge in [0, 0.05) is 11.3 Å². The molecule has 20 heavy (non-hydrogen) atoms. The van der Waals surface area contributed by atoms with E-state index >= 15 is 0 Å². The monoisotopic (exact) mass is 399 g/mol. The molecule has 0 bridgehead atoms. The summed E-state index contributed by atoms with van der Waals surface area (Å²) >= 11 is 6.91. The molecule has 0 aliphatic heterocycles. The minimum Gasteiger partial charge on any atom is -0.496 e. The van der Waals surface area contributed by atoms with Crippen molar-refractivity contribution in [2.24, 2.45) is 0 Å². The van der Waals surface area contributed by atoms with Crippen molar-refractivity contribution in [2.45, 2.75) is 13.5 Å². The molecule has 0 unspecified atom stereocenters. The number of halogens is 2. The Morgan fingerprint density at radius 1 is 1.10 bits per heavy atom. The lowest BCUT2D eigenvalue weighted by molar-refractivity contribution is 0.293. The molecule has 0 spiro atoms. The van der Waals surface area contributed by atoms with Crippen LogP contribution in [0.2, 0.25) is 0 Å². The molecule has 3 nitrogen and oxygen atoms in total. The Hall–Kier alpha value is -1.20. The van der Waals surface area contributed by atoms with Gasteiger partial charge in [-0.1, -0.05) is 11.6 Å².